The maximum atomic E-state index is 11.4. The molecule has 0 spiro atoms. The van der Waals surface area contributed by atoms with Crippen LogP contribution in [-0.4, -0.2) is 29.7 Å². The summed E-state index contributed by atoms with van der Waals surface area (Å²) in [6.45, 7) is 6.13. The van der Waals surface area contributed by atoms with Crippen LogP contribution in [-0.2, 0) is 4.74 Å². The number of amides is 1. The van der Waals surface area contributed by atoms with E-state index in [2.05, 4.69) is 10.6 Å². The van der Waals surface area contributed by atoms with Crippen molar-refractivity contribution in [1.82, 2.24) is 5.32 Å². The number of halogens is 1. The van der Waals surface area contributed by atoms with Gasteiger partial charge in [-0.05, 0) is 32.9 Å². The lowest BCUT2D eigenvalue weighted by atomic mass is 10.2. The molecule has 1 aromatic carbocycles. The highest BCUT2D eigenvalue weighted by Crippen LogP contribution is 2.26. The zero-order chi connectivity index (χ0) is 16.0. The van der Waals surface area contributed by atoms with Gasteiger partial charge < -0.3 is 15.4 Å². The Morgan fingerprint density at radius 2 is 2.05 bits per heavy atom. The number of rotatable bonds is 5. The number of nitrogens with zero attached hydrogens (tertiary/aromatic N) is 1. The molecule has 1 rings (SSSR count). The van der Waals surface area contributed by atoms with E-state index in [4.69, 9.17) is 16.3 Å². The van der Waals surface area contributed by atoms with Gasteiger partial charge in [0.15, 0.2) is 0 Å². The van der Waals surface area contributed by atoms with Crippen molar-refractivity contribution in [2.45, 2.75) is 26.4 Å². The van der Waals surface area contributed by atoms with Crippen LogP contribution in [0.5, 0.6) is 0 Å². The van der Waals surface area contributed by atoms with Gasteiger partial charge in [0.2, 0.25) is 0 Å². The van der Waals surface area contributed by atoms with Crippen LogP contribution in [0.3, 0.4) is 0 Å². The van der Waals surface area contributed by atoms with Crippen LogP contribution in [0, 0.1) is 10.1 Å². The number of nitro benzene ring substituents is 1. The molecule has 0 atom stereocenters. The summed E-state index contributed by atoms with van der Waals surface area (Å²) in [6, 6.07) is 4.34. The lowest BCUT2D eigenvalue weighted by molar-refractivity contribution is -0.384. The Morgan fingerprint density at radius 1 is 1.38 bits per heavy atom. The van der Waals surface area contributed by atoms with Crippen LogP contribution >= 0.6 is 11.6 Å². The van der Waals surface area contributed by atoms with Crippen molar-refractivity contribution >= 4 is 29.1 Å². The first-order valence-corrected chi connectivity index (χ1v) is 6.71. The fraction of sp³-hybridized carbons (Fsp3) is 0.462. The first-order chi connectivity index (χ1) is 9.69. The lowest BCUT2D eigenvalue weighted by Gasteiger charge is -2.19. The molecule has 0 aliphatic carbocycles. The van der Waals surface area contributed by atoms with Gasteiger partial charge >= 0.3 is 6.09 Å². The average Bonchev–Trinajstić information content (AvgIpc) is 2.32. The second-order valence-corrected chi connectivity index (χ2v) is 5.69. The molecular weight excluding hydrogens is 298 g/mol. The number of hydrogen-bond donors (Lipinski definition) is 2. The van der Waals surface area contributed by atoms with Crippen molar-refractivity contribution in [3.05, 3.63) is 33.3 Å². The zero-order valence-corrected chi connectivity index (χ0v) is 12.9. The maximum absolute atomic E-state index is 11.4. The van der Waals surface area contributed by atoms with Crippen molar-refractivity contribution < 1.29 is 14.5 Å². The van der Waals surface area contributed by atoms with Crippen LogP contribution in [0.4, 0.5) is 16.2 Å². The third-order valence-electron chi connectivity index (χ3n) is 2.27. The molecule has 1 amide bonds. The van der Waals surface area contributed by atoms with Crippen molar-refractivity contribution in [3.8, 4) is 0 Å². The number of nitrogens with one attached hydrogen (secondary N) is 2. The van der Waals surface area contributed by atoms with Crippen LogP contribution in [0.1, 0.15) is 20.8 Å². The Labute approximate surface area is 127 Å². The molecule has 0 heterocycles. The van der Waals surface area contributed by atoms with Crippen molar-refractivity contribution in [3.63, 3.8) is 0 Å². The molecule has 0 aliphatic heterocycles. The van der Waals surface area contributed by atoms with Crippen LogP contribution < -0.4 is 10.6 Å². The van der Waals surface area contributed by atoms with E-state index in [0.717, 1.165) is 0 Å². The summed E-state index contributed by atoms with van der Waals surface area (Å²) in [5, 5.41) is 16.3. The van der Waals surface area contributed by atoms with Gasteiger partial charge in [-0.1, -0.05) is 11.6 Å². The van der Waals surface area contributed by atoms with Crippen LogP contribution in [0.2, 0.25) is 5.02 Å². The molecule has 0 saturated carbocycles. The fourth-order valence-corrected chi connectivity index (χ4v) is 1.70. The van der Waals surface area contributed by atoms with Crippen LogP contribution in [0.15, 0.2) is 18.2 Å². The van der Waals surface area contributed by atoms with Gasteiger partial charge in [-0.15, -0.1) is 0 Å². The summed E-state index contributed by atoms with van der Waals surface area (Å²) in [6.07, 6.45) is -0.494. The van der Waals surface area contributed by atoms with Gasteiger partial charge in [0.1, 0.15) is 10.6 Å². The van der Waals surface area contributed by atoms with Gasteiger partial charge in [-0.25, -0.2) is 4.79 Å². The minimum Gasteiger partial charge on any atom is -0.444 e. The van der Waals surface area contributed by atoms with E-state index in [1.54, 1.807) is 26.8 Å². The van der Waals surface area contributed by atoms with E-state index in [0.29, 0.717) is 18.8 Å². The van der Waals surface area contributed by atoms with Crippen LogP contribution in [0.25, 0.3) is 0 Å². The molecule has 116 valence electrons. The van der Waals surface area contributed by atoms with E-state index < -0.39 is 16.6 Å². The molecule has 8 heteroatoms. The number of alkyl carbamates (subject to hydrolysis) is 1. The third kappa shape index (κ3) is 6.31. The number of hydrogen-bond acceptors (Lipinski definition) is 5. The van der Waals surface area contributed by atoms with Crippen molar-refractivity contribution in [2.24, 2.45) is 0 Å². The molecule has 0 aliphatic rings. The summed E-state index contributed by atoms with van der Waals surface area (Å²) in [5.74, 6) is 0. The Kier molecular flexibility index (Phi) is 5.78. The fourth-order valence-electron chi connectivity index (χ4n) is 1.45. The zero-order valence-electron chi connectivity index (χ0n) is 12.1. The quantitative estimate of drug-likeness (QED) is 0.494. The highest BCUT2D eigenvalue weighted by molar-refractivity contribution is 6.32. The molecule has 0 unspecified atom stereocenters. The largest absolute Gasteiger partial charge is 0.444 e. The molecule has 0 saturated heterocycles. The molecule has 0 bridgehead atoms. The van der Waals surface area contributed by atoms with E-state index >= 15 is 0 Å². The summed E-state index contributed by atoms with van der Waals surface area (Å²) in [7, 11) is 0. The monoisotopic (exact) mass is 315 g/mol. The van der Waals surface area contributed by atoms with Gasteiger partial charge in [-0.3, -0.25) is 10.1 Å². The van der Waals surface area contributed by atoms with Crippen molar-refractivity contribution in [1.29, 1.82) is 0 Å². The second kappa shape index (κ2) is 7.12. The Bertz CT molecular complexity index is 529. The molecule has 1 aromatic rings. The van der Waals surface area contributed by atoms with Gasteiger partial charge in [0.25, 0.3) is 5.69 Å². The minimum atomic E-state index is -0.545. The molecule has 2 N–H and O–H groups in total. The number of nitro groups is 1. The first kappa shape index (κ1) is 17.0. The van der Waals surface area contributed by atoms with Gasteiger partial charge in [0.05, 0.1) is 4.92 Å². The second-order valence-electron chi connectivity index (χ2n) is 5.28. The minimum absolute atomic E-state index is 0.0603. The summed E-state index contributed by atoms with van der Waals surface area (Å²) in [4.78, 5) is 21.5. The number of benzene rings is 1. The highest BCUT2D eigenvalue weighted by atomic mass is 35.5. The highest BCUT2D eigenvalue weighted by Gasteiger charge is 2.15. The number of carbonyl (C=O) groups excluding carboxylic acids is 1. The molecule has 0 aromatic heterocycles. The number of carbonyl (C=O) groups is 1. The number of ether oxygens (including phenoxy) is 1. The smallest absolute Gasteiger partial charge is 0.407 e. The number of anilines is 1. The standard InChI is InChI=1S/C13H18ClN3O4/c1-13(2,3)21-12(18)16-7-6-15-9-4-5-11(17(19)20)10(14)8-9/h4-5,8,15H,6-7H2,1-3H3,(H,16,18). The Balaban J connectivity index is 2.38. The average molecular weight is 316 g/mol. The molecular formula is C13H18ClN3O4. The van der Waals surface area contributed by atoms with Gasteiger partial charge in [0, 0.05) is 24.8 Å². The lowest BCUT2D eigenvalue weighted by Crippen LogP contribution is -2.34. The molecule has 0 radical (unpaired) electrons. The predicted octanol–water partition coefficient (Wildman–Crippen LogP) is 3.18. The summed E-state index contributed by atoms with van der Waals surface area (Å²) < 4.78 is 5.08. The Hall–Kier alpha value is -2.02. The van der Waals surface area contributed by atoms with Crippen molar-refractivity contribution in [2.75, 3.05) is 18.4 Å². The van der Waals surface area contributed by atoms with E-state index in [9.17, 15) is 14.9 Å². The van der Waals surface area contributed by atoms with E-state index in [1.165, 1.54) is 12.1 Å². The molecule has 7 nitrogen and oxygen atoms in total. The topological polar surface area (TPSA) is 93.5 Å². The van der Waals surface area contributed by atoms with Gasteiger partial charge in [-0.2, -0.15) is 0 Å². The molecule has 0 fully saturated rings. The SMILES string of the molecule is CC(C)(C)OC(=O)NCCNc1ccc([N+](=O)[O-])c(Cl)c1. The van der Waals surface area contributed by atoms with E-state index in [-0.39, 0.29) is 10.7 Å². The normalized spacial score (nSPS) is 10.9. The predicted molar refractivity (Wildman–Crippen MR) is 80.8 cm³/mol. The third-order valence-corrected chi connectivity index (χ3v) is 2.57. The van der Waals surface area contributed by atoms with E-state index in [1.807, 2.05) is 0 Å². The maximum Gasteiger partial charge on any atom is 0.407 e. The first-order valence-electron chi connectivity index (χ1n) is 6.34. The summed E-state index contributed by atoms with van der Waals surface area (Å²) >= 11 is 5.79. The Morgan fingerprint density at radius 3 is 2.57 bits per heavy atom. The molecule has 21 heavy (non-hydrogen) atoms. The summed E-state index contributed by atoms with van der Waals surface area (Å²) in [5.41, 5.74) is -0.0469.